The molecule has 4 bridgehead atoms. The zero-order valence-corrected chi connectivity index (χ0v) is 67.3. The number of fused-ring (bicyclic) bond motifs is 7. The van der Waals surface area contributed by atoms with Gasteiger partial charge in [-0.1, -0.05) is 83.1 Å². The summed E-state index contributed by atoms with van der Waals surface area (Å²) < 4.78 is 0. The number of nitrogens with two attached hydrogens (primary N) is 1. The summed E-state index contributed by atoms with van der Waals surface area (Å²) >= 11 is 2.53. The SMILES string of the molecule is CC(=O)N[C@H]1CSCc2cccc(c2)CSC[C@H](C(N)=O)NC(=O)[C@H]([C@@H](C)O)NC(=O)[C@](C)(C(C)C)NC(=O)[C@H](Cc2ccc(O)cc2)NC(=O)[C@H](C)NC(=O)[C@@]2(CC3CCC2C3)NC(=O)[C@H](Cc2c[nH]c3ncccc23)NC(=O)[C@H]([C@@H](C)O)NC(=O)[C@@H]2CCCN2C(=O)[C@H](Cc2ccc(O)cc2)NC(=O)[C@H](C(C)(C)C)NC1=O. The lowest BCUT2D eigenvalue weighted by molar-refractivity contribution is -0.143. The number of aromatic amines is 1. The van der Waals surface area contributed by atoms with E-state index in [-0.39, 0.29) is 74.0 Å². The van der Waals surface area contributed by atoms with E-state index in [4.69, 9.17) is 5.73 Å². The van der Waals surface area contributed by atoms with Gasteiger partial charge in [0.25, 0.3) is 0 Å². The number of phenols is 2. The number of rotatable bonds is 11. The Hall–Kier alpha value is -10.3. The van der Waals surface area contributed by atoms with E-state index >= 15 is 19.2 Å². The van der Waals surface area contributed by atoms with Crippen molar-refractivity contribution in [3.05, 3.63) is 125 Å². The van der Waals surface area contributed by atoms with Crippen molar-refractivity contribution in [2.75, 3.05) is 18.1 Å². The number of aliphatic hydroxyl groups excluding tert-OH is 2. The van der Waals surface area contributed by atoms with Crippen molar-refractivity contribution < 1.29 is 82.8 Å². The summed E-state index contributed by atoms with van der Waals surface area (Å²) in [4.78, 5) is 198. The first-order chi connectivity index (χ1) is 53.8. The van der Waals surface area contributed by atoms with E-state index in [0.29, 0.717) is 58.5 Å². The molecule has 2 unspecified atom stereocenters. The topological polar surface area (TPSA) is 493 Å². The molecular weight excluding hydrogens is 1510 g/mol. The molecule has 1 saturated heterocycles. The van der Waals surface area contributed by atoms with E-state index in [1.807, 2.05) is 18.2 Å². The zero-order valence-electron chi connectivity index (χ0n) is 65.7. The van der Waals surface area contributed by atoms with Gasteiger partial charge in [0, 0.05) is 73.5 Å². The lowest BCUT2D eigenvalue weighted by Gasteiger charge is -2.39. The number of aromatic hydroxyl groups is 2. The fourth-order valence-corrected chi connectivity index (χ4v) is 17.0. The smallest absolute Gasteiger partial charge is 0.246 e. The summed E-state index contributed by atoms with van der Waals surface area (Å²) in [6, 6.07) is 7.77. The number of benzene rings is 3. The number of thioether (sulfide) groups is 2. The van der Waals surface area contributed by atoms with Crippen LogP contribution in [0.4, 0.5) is 0 Å². The molecule has 2 saturated carbocycles. The van der Waals surface area contributed by atoms with Crippen molar-refractivity contribution in [1.29, 1.82) is 0 Å². The molecule has 4 heterocycles. The average molecular weight is 1610 g/mol. The molecular formula is C80H107N15O17S2. The second-order valence-electron chi connectivity index (χ2n) is 31.9. The van der Waals surface area contributed by atoms with Crippen LogP contribution in [-0.2, 0) is 93.1 Å². The van der Waals surface area contributed by atoms with Crippen LogP contribution in [-0.4, -0.2) is 214 Å². The number of H-pyrrole nitrogens is 1. The second kappa shape index (κ2) is 38.2. The van der Waals surface area contributed by atoms with Gasteiger partial charge in [0.05, 0.1) is 12.2 Å². The van der Waals surface area contributed by atoms with Gasteiger partial charge in [-0.25, -0.2) is 4.98 Å². The molecule has 2 aromatic heterocycles. The highest BCUT2D eigenvalue weighted by Gasteiger charge is 2.58. The van der Waals surface area contributed by atoms with Crippen LogP contribution in [0.5, 0.6) is 11.5 Å². The Labute approximate surface area is 669 Å². The van der Waals surface area contributed by atoms with E-state index < -0.39 is 178 Å². The van der Waals surface area contributed by atoms with E-state index in [1.165, 1.54) is 99.4 Å². The molecule has 32 nitrogen and oxygen atoms in total. The van der Waals surface area contributed by atoms with Gasteiger partial charge in [-0.15, -0.1) is 0 Å². The minimum atomic E-state index is -1.91. The molecule has 18 N–H and O–H groups in total. The highest BCUT2D eigenvalue weighted by Crippen LogP contribution is 2.51. The van der Waals surface area contributed by atoms with Crippen LogP contribution in [0.2, 0.25) is 0 Å². The van der Waals surface area contributed by atoms with Gasteiger partial charge in [0.1, 0.15) is 88.6 Å². The monoisotopic (exact) mass is 1610 g/mol. The summed E-state index contributed by atoms with van der Waals surface area (Å²) in [7, 11) is 0. The van der Waals surface area contributed by atoms with Gasteiger partial charge in [-0.3, -0.25) is 62.3 Å². The van der Waals surface area contributed by atoms with Crippen molar-refractivity contribution in [3.63, 3.8) is 0 Å². The molecule has 9 rings (SSSR count). The van der Waals surface area contributed by atoms with Crippen molar-refractivity contribution in [2.45, 2.75) is 222 Å². The molecule has 5 aromatic rings. The quantitative estimate of drug-likeness (QED) is 0.0879. The van der Waals surface area contributed by atoms with E-state index in [2.05, 4.69) is 68.5 Å². The largest absolute Gasteiger partial charge is 0.508 e. The first-order valence-corrected chi connectivity index (χ1v) is 40.7. The Bertz CT molecular complexity index is 4370. The summed E-state index contributed by atoms with van der Waals surface area (Å²) in [5.74, 6) is -12.0. The summed E-state index contributed by atoms with van der Waals surface area (Å²) in [5.41, 5.74) is 4.63. The number of hydrogen-bond donors (Lipinski definition) is 17. The van der Waals surface area contributed by atoms with E-state index in [1.54, 1.807) is 77.3 Å². The van der Waals surface area contributed by atoms with Crippen LogP contribution in [0.25, 0.3) is 11.0 Å². The predicted molar refractivity (Wildman–Crippen MR) is 425 cm³/mol. The Morgan fingerprint density at radius 3 is 1.80 bits per heavy atom. The number of pyridine rings is 1. The maximum atomic E-state index is 15.5. The number of phenolic OH excluding ortho intramolecular Hbond substituents is 2. The number of aliphatic hydroxyl groups is 2. The van der Waals surface area contributed by atoms with Crippen molar-refractivity contribution >= 4 is 111 Å². The van der Waals surface area contributed by atoms with E-state index in [9.17, 15) is 63.6 Å². The van der Waals surface area contributed by atoms with Gasteiger partial charge in [0.2, 0.25) is 76.8 Å². The number of amides is 13. The van der Waals surface area contributed by atoms with Crippen LogP contribution >= 0.6 is 23.5 Å². The molecule has 3 aromatic carbocycles. The third kappa shape index (κ3) is 22.2. The number of aromatic nitrogens is 2. The minimum absolute atomic E-state index is 0.00570. The Balaban J connectivity index is 1.05. The number of hydrogen-bond acceptors (Lipinski definition) is 20. The van der Waals surface area contributed by atoms with Gasteiger partial charge >= 0.3 is 0 Å². The van der Waals surface area contributed by atoms with Gasteiger partial charge in [-0.2, -0.15) is 23.5 Å². The molecule has 2 aliphatic heterocycles. The highest BCUT2D eigenvalue weighted by molar-refractivity contribution is 7.98. The standard InChI is InChI=1S/C80H107N15O17S2/c1-41(2)79(10)76(111)91-63(44(5)97)73(108)89-59(65(81)101)39-113-37-49-14-11-15-50(30-49)38-114-40-60(85-45(6)98)68(103)92-64(78(7,8)9)74(109)88-58(33-47-21-26-54(100)27-22-47)75(110)95-29-13-17-61(95)71(106)90-62(43(4)96)72(107)87-57(34-51-36-83-66-55(51)16-12-28-82-66)70(105)94-80(35-48-18-23-52(80)31-48)77(112)84-42(3)67(102)86-56(69(104)93-79)32-46-19-24-53(99)25-20-46/h11-12,14-16,19-22,24-28,30,36,41-44,48,52,56-64,96-97,99-100H,13,17-18,23,29,31-35,37-40H2,1-10H3,(H2,81,101)(H,82,83)(H,84,112)(H,85,98)(H,86,102)(H,87,107)(H,88,109)(H,89,108)(H,90,106)(H,91,111)(H,92,103)(H,93,104)(H,94,105)/t42-,43+,44+,48?,52?,56-,57-,58-,59+,60-,61-,62-,63-,64+,79-,80-/m0/s1. The number of nitrogens with one attached hydrogen (secondary N) is 12. The molecule has 1 spiro atoms. The maximum absolute atomic E-state index is 15.5. The van der Waals surface area contributed by atoms with Gasteiger partial charge in [0.15, 0.2) is 0 Å². The van der Waals surface area contributed by atoms with Crippen LogP contribution in [0, 0.1) is 23.2 Å². The van der Waals surface area contributed by atoms with Crippen LogP contribution < -0.4 is 64.2 Å². The average Bonchev–Trinajstić information content (AvgIpc) is 1.59. The normalized spacial score (nSPS) is 28.3. The molecule has 114 heavy (non-hydrogen) atoms. The third-order valence-corrected chi connectivity index (χ3v) is 24.0. The van der Waals surface area contributed by atoms with Gasteiger partial charge < -0.3 is 94.5 Å². The van der Waals surface area contributed by atoms with Crippen molar-refractivity contribution in [3.8, 4) is 11.5 Å². The molecule has 4 aliphatic rings. The lowest BCUT2D eigenvalue weighted by Crippen LogP contribution is -2.68. The fraction of sp³-hybridized carbons (Fsp3) is 0.525. The van der Waals surface area contributed by atoms with Crippen LogP contribution in [0.3, 0.4) is 0 Å². The Morgan fingerprint density at radius 1 is 0.640 bits per heavy atom. The number of nitrogens with zero attached hydrogens (tertiary/aromatic N) is 2. The first kappa shape index (κ1) is 87.6. The molecule has 16 atom stereocenters. The van der Waals surface area contributed by atoms with Crippen molar-refractivity contribution in [1.82, 2.24) is 73.4 Å². The van der Waals surface area contributed by atoms with Crippen LogP contribution in [0.15, 0.2) is 97.3 Å². The first-order valence-electron chi connectivity index (χ1n) is 38.4. The Kier molecular flexibility index (Phi) is 29.4. The maximum Gasteiger partial charge on any atom is 0.246 e. The Morgan fingerprint density at radius 2 is 1.22 bits per heavy atom. The summed E-state index contributed by atoms with van der Waals surface area (Å²) in [6.45, 7) is 14.7. The summed E-state index contributed by atoms with van der Waals surface area (Å²) in [5, 5.41) is 73.7. The molecule has 34 heteroatoms. The van der Waals surface area contributed by atoms with Crippen molar-refractivity contribution in [2.24, 2.45) is 28.9 Å². The van der Waals surface area contributed by atoms with E-state index in [0.717, 1.165) is 11.1 Å². The molecule has 3 fully saturated rings. The predicted octanol–water partition coefficient (Wildman–Crippen LogP) is 1.08. The summed E-state index contributed by atoms with van der Waals surface area (Å²) in [6.07, 6.45) is 1.38. The number of carbonyl (C=O) groups is 13. The molecule has 0 radical (unpaired) electrons. The molecule has 13 amide bonds. The second-order valence-corrected chi connectivity index (χ2v) is 34.0. The highest BCUT2D eigenvalue weighted by atomic mass is 32.2. The molecule has 616 valence electrons. The minimum Gasteiger partial charge on any atom is -0.508 e. The zero-order chi connectivity index (χ0) is 83.3. The number of carbonyl (C=O) groups excluding carboxylic acids is 13. The lowest BCUT2D eigenvalue weighted by atomic mass is 9.79. The fourth-order valence-electron chi connectivity index (χ4n) is 14.9. The van der Waals surface area contributed by atoms with Gasteiger partial charge in [-0.05, 0) is 154 Å². The number of primary amides is 1. The third-order valence-electron chi connectivity index (χ3n) is 21.8. The molecule has 2 aliphatic carbocycles. The van der Waals surface area contributed by atoms with Crippen LogP contribution in [0.1, 0.15) is 136 Å².